The number of hydrogen-bond donors (Lipinski definition) is 0. The van der Waals surface area contributed by atoms with Gasteiger partial charge in [-0.25, -0.2) is 4.98 Å². The van der Waals surface area contributed by atoms with Crippen LogP contribution in [0.4, 0.5) is 0 Å². The first-order valence-electron chi connectivity index (χ1n) is 9.66. The first kappa shape index (κ1) is 22.3. The Labute approximate surface area is 196 Å². The second kappa shape index (κ2) is 9.68. The Morgan fingerprint density at radius 3 is 2.62 bits per heavy atom. The highest BCUT2D eigenvalue weighted by molar-refractivity contribution is 7.99. The zero-order valence-corrected chi connectivity index (χ0v) is 19.5. The fraction of sp³-hybridized carbons (Fsp3) is 0.182. The van der Waals surface area contributed by atoms with E-state index in [1.807, 2.05) is 34.9 Å². The number of carbonyl (C=O) groups is 1. The number of nitrogens with zero attached hydrogens (tertiary/aromatic N) is 3. The van der Waals surface area contributed by atoms with Gasteiger partial charge in [0.2, 0.25) is 0 Å². The number of hydrogen-bond acceptors (Lipinski definition) is 8. The number of carbonyl (C=O) groups excluding carboxylic acids is 1. The smallest absolute Gasteiger partial charge is 0.278 e. The molecule has 0 saturated heterocycles. The summed E-state index contributed by atoms with van der Waals surface area (Å²) in [5.41, 5.74) is 1.75. The minimum absolute atomic E-state index is 0.234. The van der Waals surface area contributed by atoms with Crippen LogP contribution in [-0.4, -0.2) is 33.0 Å². The van der Waals surface area contributed by atoms with Crippen LogP contribution < -0.4 is 15.4 Å². The van der Waals surface area contributed by atoms with E-state index in [4.69, 9.17) is 17.0 Å². The molecule has 4 rings (SSSR count). The Hall–Kier alpha value is -2.95. The fourth-order valence-corrected chi connectivity index (χ4v) is 5.33. The van der Waals surface area contributed by atoms with Gasteiger partial charge in [0, 0.05) is 12.3 Å². The highest BCUT2D eigenvalue weighted by Crippen LogP contribution is 2.29. The maximum atomic E-state index is 13.5. The fourth-order valence-electron chi connectivity index (χ4n) is 3.31. The number of para-hydroxylation sites is 2. The minimum Gasteiger partial charge on any atom is -0.549 e. The van der Waals surface area contributed by atoms with Crippen molar-refractivity contribution in [2.45, 2.75) is 18.1 Å². The number of aryl methyl sites for hydroxylation is 2. The Morgan fingerprint density at radius 2 is 1.91 bits per heavy atom. The molecular weight excluding hydrogens is 466 g/mol. The molecule has 10 heteroatoms. The number of carboxylic acid groups (broad SMARTS) is 1. The van der Waals surface area contributed by atoms with Crippen molar-refractivity contribution in [3.05, 3.63) is 74.5 Å². The molecule has 0 fully saturated rings. The van der Waals surface area contributed by atoms with E-state index in [2.05, 4.69) is 4.98 Å². The highest BCUT2D eigenvalue weighted by atomic mass is 32.2. The number of rotatable bonds is 8. The molecule has 0 aliphatic heterocycles. The van der Waals surface area contributed by atoms with Crippen LogP contribution in [0.3, 0.4) is 0 Å². The average Bonchev–Trinajstić information content (AvgIpc) is 3.12. The minimum atomic E-state index is -1.25. The van der Waals surface area contributed by atoms with Gasteiger partial charge in [-0.05, 0) is 36.3 Å². The first-order chi connectivity index (χ1) is 15.5. The SMILES string of the molecule is COc1ccccc1-n1c(SCC(=O)[O-])nc2c(sc(=S)n2CCc2ccccc2)c1=O. The van der Waals surface area contributed by atoms with Crippen LogP contribution >= 0.6 is 35.3 Å². The van der Waals surface area contributed by atoms with Crippen molar-refractivity contribution in [1.29, 1.82) is 0 Å². The van der Waals surface area contributed by atoms with Gasteiger partial charge in [-0.15, -0.1) is 0 Å². The zero-order chi connectivity index (χ0) is 22.7. The topological polar surface area (TPSA) is 89.2 Å². The van der Waals surface area contributed by atoms with E-state index in [9.17, 15) is 14.7 Å². The highest BCUT2D eigenvalue weighted by Gasteiger charge is 2.20. The van der Waals surface area contributed by atoms with E-state index in [0.717, 1.165) is 23.7 Å². The molecule has 2 aromatic heterocycles. The molecule has 0 N–H and O–H groups in total. The summed E-state index contributed by atoms with van der Waals surface area (Å²) in [5.74, 6) is -1.12. The van der Waals surface area contributed by atoms with Crippen molar-refractivity contribution in [1.82, 2.24) is 14.1 Å². The monoisotopic (exact) mass is 484 g/mol. The normalized spacial score (nSPS) is 11.0. The van der Waals surface area contributed by atoms with E-state index in [1.165, 1.54) is 23.0 Å². The summed E-state index contributed by atoms with van der Waals surface area (Å²) in [5, 5.41) is 11.4. The maximum absolute atomic E-state index is 13.5. The van der Waals surface area contributed by atoms with Crippen LogP contribution in [-0.2, 0) is 17.8 Å². The third-order valence-corrected chi connectivity index (χ3v) is 7.11. The molecule has 0 aliphatic rings. The molecular formula is C22H18N3O4S3-. The molecule has 0 spiro atoms. The molecule has 0 atom stereocenters. The second-order valence-electron chi connectivity index (χ2n) is 6.78. The van der Waals surface area contributed by atoms with Crippen LogP contribution in [0.25, 0.3) is 16.0 Å². The summed E-state index contributed by atoms with van der Waals surface area (Å²) in [4.78, 5) is 29.4. The van der Waals surface area contributed by atoms with Crippen LogP contribution in [0, 0.1) is 3.95 Å². The quantitative estimate of drug-likeness (QED) is 0.216. The van der Waals surface area contributed by atoms with Gasteiger partial charge in [-0.2, -0.15) is 0 Å². The van der Waals surface area contributed by atoms with Crippen LogP contribution in [0.2, 0.25) is 0 Å². The lowest BCUT2D eigenvalue weighted by molar-refractivity contribution is -0.301. The summed E-state index contributed by atoms with van der Waals surface area (Å²) in [7, 11) is 1.51. The number of benzene rings is 2. The number of thiazole rings is 1. The molecule has 0 bridgehead atoms. The Morgan fingerprint density at radius 1 is 1.19 bits per heavy atom. The molecule has 2 aromatic carbocycles. The molecule has 2 heterocycles. The second-order valence-corrected chi connectivity index (χ2v) is 9.36. The lowest BCUT2D eigenvalue weighted by atomic mass is 10.1. The number of thioether (sulfide) groups is 1. The molecule has 0 aliphatic carbocycles. The molecule has 7 nitrogen and oxygen atoms in total. The van der Waals surface area contributed by atoms with Crippen molar-refractivity contribution >= 4 is 51.6 Å². The van der Waals surface area contributed by atoms with Crippen LogP contribution in [0.15, 0.2) is 64.5 Å². The van der Waals surface area contributed by atoms with Crippen molar-refractivity contribution in [2.24, 2.45) is 0 Å². The summed E-state index contributed by atoms with van der Waals surface area (Å²) in [6.07, 6.45) is 0.722. The third kappa shape index (κ3) is 4.47. The molecule has 0 saturated carbocycles. The molecule has 164 valence electrons. The summed E-state index contributed by atoms with van der Waals surface area (Å²) in [6, 6.07) is 17.0. The van der Waals surface area contributed by atoms with E-state index < -0.39 is 5.97 Å². The molecule has 0 unspecified atom stereocenters. The van der Waals surface area contributed by atoms with E-state index in [-0.39, 0.29) is 16.5 Å². The molecule has 4 aromatic rings. The van der Waals surface area contributed by atoms with Crippen molar-refractivity contribution < 1.29 is 14.6 Å². The largest absolute Gasteiger partial charge is 0.549 e. The zero-order valence-electron chi connectivity index (χ0n) is 17.0. The standard InChI is InChI=1S/C22H19N3O4S3/c1-29-16-10-6-5-9-15(16)25-20(28)18-19(23-21(25)31-13-17(26)27)24(22(30)32-18)12-11-14-7-3-2-4-8-14/h2-10H,11-13H2,1H3,(H,26,27)/p-1. The van der Waals surface area contributed by atoms with Crippen LogP contribution in [0.1, 0.15) is 5.56 Å². The number of aliphatic carboxylic acids is 1. The van der Waals surface area contributed by atoms with E-state index >= 15 is 0 Å². The maximum Gasteiger partial charge on any atom is 0.278 e. The van der Waals surface area contributed by atoms with Gasteiger partial charge in [0.1, 0.15) is 10.4 Å². The lowest BCUT2D eigenvalue weighted by Crippen LogP contribution is -2.26. The number of fused-ring (bicyclic) bond motifs is 1. The van der Waals surface area contributed by atoms with Gasteiger partial charge in [0.05, 0.1) is 18.8 Å². The van der Waals surface area contributed by atoms with Gasteiger partial charge < -0.3 is 19.2 Å². The van der Waals surface area contributed by atoms with Crippen molar-refractivity contribution in [2.75, 3.05) is 12.9 Å². The van der Waals surface area contributed by atoms with Crippen molar-refractivity contribution in [3.63, 3.8) is 0 Å². The van der Waals surface area contributed by atoms with Crippen molar-refractivity contribution in [3.8, 4) is 11.4 Å². The summed E-state index contributed by atoms with van der Waals surface area (Å²) in [6.45, 7) is 0.554. The predicted molar refractivity (Wildman–Crippen MR) is 126 cm³/mol. The summed E-state index contributed by atoms with van der Waals surface area (Å²) >= 11 is 7.67. The average molecular weight is 485 g/mol. The van der Waals surface area contributed by atoms with Gasteiger partial charge in [0.25, 0.3) is 5.56 Å². The molecule has 0 radical (unpaired) electrons. The van der Waals surface area contributed by atoms with Gasteiger partial charge in [-0.3, -0.25) is 9.36 Å². The lowest BCUT2D eigenvalue weighted by Gasteiger charge is -2.15. The van der Waals surface area contributed by atoms with E-state index in [0.29, 0.717) is 32.3 Å². The summed E-state index contributed by atoms with van der Waals surface area (Å²) < 4.78 is 9.57. The van der Waals surface area contributed by atoms with Gasteiger partial charge >= 0.3 is 0 Å². The van der Waals surface area contributed by atoms with Crippen LogP contribution in [0.5, 0.6) is 5.75 Å². The Balaban J connectivity index is 1.88. The third-order valence-electron chi connectivity index (χ3n) is 4.77. The Bertz CT molecular complexity index is 1390. The molecule has 32 heavy (non-hydrogen) atoms. The van der Waals surface area contributed by atoms with E-state index in [1.54, 1.807) is 24.3 Å². The number of methoxy groups -OCH3 is 1. The van der Waals surface area contributed by atoms with Gasteiger partial charge in [0.15, 0.2) is 14.8 Å². The van der Waals surface area contributed by atoms with Gasteiger partial charge in [-0.1, -0.05) is 65.6 Å². The number of ether oxygens (including phenoxy) is 1. The Kier molecular flexibility index (Phi) is 6.73. The predicted octanol–water partition coefficient (Wildman–Crippen LogP) is 3.07. The first-order valence-corrected chi connectivity index (χ1v) is 11.9. The number of carboxylic acids is 1. The molecule has 0 amide bonds. The number of aromatic nitrogens is 3.